The van der Waals surface area contributed by atoms with Crippen LogP contribution in [0, 0.1) is 0 Å². The average Bonchev–Trinajstić information content (AvgIpc) is 2.68. The van der Waals surface area contributed by atoms with Gasteiger partial charge in [-0.15, -0.1) is 0 Å². The van der Waals surface area contributed by atoms with Crippen molar-refractivity contribution >= 4 is 11.9 Å². The van der Waals surface area contributed by atoms with Crippen LogP contribution in [0.2, 0.25) is 0 Å². The number of nitrogens with zero attached hydrogens (tertiary/aromatic N) is 1. The van der Waals surface area contributed by atoms with Gasteiger partial charge in [0.1, 0.15) is 6.04 Å². The van der Waals surface area contributed by atoms with Crippen molar-refractivity contribution in [2.45, 2.75) is 24.9 Å². The van der Waals surface area contributed by atoms with Crippen LogP contribution in [0.5, 0.6) is 0 Å². The predicted octanol–water partition coefficient (Wildman–Crippen LogP) is 1.06. The van der Waals surface area contributed by atoms with Crippen molar-refractivity contribution in [3.05, 3.63) is 35.9 Å². The van der Waals surface area contributed by atoms with Crippen LogP contribution < -0.4 is 10.6 Å². The SMILES string of the molecule is O=C(NC1CCOCC1)NC(C(=O)N1CCOCC1)c1ccccc1. The molecule has 2 fully saturated rings. The van der Waals surface area contributed by atoms with E-state index in [1.54, 1.807) is 4.90 Å². The van der Waals surface area contributed by atoms with Gasteiger partial charge in [-0.1, -0.05) is 30.3 Å². The summed E-state index contributed by atoms with van der Waals surface area (Å²) in [6, 6.07) is 8.42. The Balaban J connectivity index is 1.67. The van der Waals surface area contributed by atoms with Gasteiger partial charge in [0.25, 0.3) is 0 Å². The number of urea groups is 1. The Morgan fingerprint density at radius 3 is 2.32 bits per heavy atom. The molecule has 2 heterocycles. The fourth-order valence-electron chi connectivity index (χ4n) is 3.10. The molecule has 1 unspecified atom stereocenters. The molecule has 0 radical (unpaired) electrons. The Labute approximate surface area is 147 Å². The number of carbonyl (C=O) groups is 2. The quantitative estimate of drug-likeness (QED) is 0.854. The molecular formula is C18H25N3O4. The monoisotopic (exact) mass is 347 g/mol. The van der Waals surface area contributed by atoms with Crippen LogP contribution >= 0.6 is 0 Å². The number of morpholine rings is 1. The fraction of sp³-hybridized carbons (Fsp3) is 0.556. The first-order valence-corrected chi connectivity index (χ1v) is 8.80. The number of rotatable bonds is 4. The van der Waals surface area contributed by atoms with E-state index in [0.29, 0.717) is 39.5 Å². The lowest BCUT2D eigenvalue weighted by atomic mass is 10.1. The summed E-state index contributed by atoms with van der Waals surface area (Å²) < 4.78 is 10.6. The molecule has 0 aliphatic carbocycles. The van der Waals surface area contributed by atoms with Gasteiger partial charge in [-0.3, -0.25) is 4.79 Å². The van der Waals surface area contributed by atoms with Crippen molar-refractivity contribution in [1.29, 1.82) is 0 Å². The summed E-state index contributed by atoms with van der Waals surface area (Å²) in [6.07, 6.45) is 1.58. The van der Waals surface area contributed by atoms with Crippen molar-refractivity contribution in [3.63, 3.8) is 0 Å². The molecule has 7 nitrogen and oxygen atoms in total. The van der Waals surface area contributed by atoms with Gasteiger partial charge in [-0.2, -0.15) is 0 Å². The molecular weight excluding hydrogens is 322 g/mol. The normalized spacial score (nSPS) is 19.9. The Hall–Kier alpha value is -2.12. The van der Waals surface area contributed by atoms with E-state index >= 15 is 0 Å². The summed E-state index contributed by atoms with van der Waals surface area (Å²) in [5.74, 6) is -0.100. The van der Waals surface area contributed by atoms with Crippen LogP contribution in [-0.2, 0) is 14.3 Å². The van der Waals surface area contributed by atoms with E-state index in [0.717, 1.165) is 18.4 Å². The third-order valence-electron chi connectivity index (χ3n) is 4.53. The number of nitrogens with one attached hydrogen (secondary N) is 2. The highest BCUT2D eigenvalue weighted by molar-refractivity contribution is 5.88. The highest BCUT2D eigenvalue weighted by Gasteiger charge is 2.29. The second-order valence-electron chi connectivity index (χ2n) is 6.29. The number of hydrogen-bond acceptors (Lipinski definition) is 4. The minimum Gasteiger partial charge on any atom is -0.381 e. The molecule has 3 amide bonds. The maximum Gasteiger partial charge on any atom is 0.315 e. The van der Waals surface area contributed by atoms with E-state index in [4.69, 9.17) is 9.47 Å². The third kappa shape index (κ3) is 4.93. The lowest BCUT2D eigenvalue weighted by Crippen LogP contribution is -2.51. The molecule has 1 aromatic rings. The van der Waals surface area contributed by atoms with Crippen LogP contribution in [-0.4, -0.2) is 62.4 Å². The van der Waals surface area contributed by atoms with Crippen LogP contribution in [0.3, 0.4) is 0 Å². The van der Waals surface area contributed by atoms with Crippen LogP contribution in [0.15, 0.2) is 30.3 Å². The number of amides is 3. The van der Waals surface area contributed by atoms with Gasteiger partial charge < -0.3 is 25.0 Å². The van der Waals surface area contributed by atoms with Gasteiger partial charge in [0.15, 0.2) is 0 Å². The third-order valence-corrected chi connectivity index (χ3v) is 4.53. The molecule has 7 heteroatoms. The molecule has 25 heavy (non-hydrogen) atoms. The predicted molar refractivity (Wildman–Crippen MR) is 92.1 cm³/mol. The first-order valence-electron chi connectivity index (χ1n) is 8.80. The summed E-state index contributed by atoms with van der Waals surface area (Å²) in [4.78, 5) is 27.1. The van der Waals surface area contributed by atoms with Crippen molar-refractivity contribution in [3.8, 4) is 0 Å². The lowest BCUT2D eigenvalue weighted by molar-refractivity contribution is -0.137. The van der Waals surface area contributed by atoms with Crippen molar-refractivity contribution in [2.24, 2.45) is 0 Å². The second kappa shape index (κ2) is 8.82. The van der Waals surface area contributed by atoms with E-state index < -0.39 is 6.04 Å². The van der Waals surface area contributed by atoms with Gasteiger partial charge in [0.2, 0.25) is 5.91 Å². The Bertz CT molecular complexity index is 569. The molecule has 2 aliphatic heterocycles. The summed E-state index contributed by atoms with van der Waals surface area (Å²) in [5.41, 5.74) is 0.779. The topological polar surface area (TPSA) is 79.9 Å². The van der Waals surface area contributed by atoms with Crippen molar-refractivity contribution in [1.82, 2.24) is 15.5 Å². The first kappa shape index (κ1) is 17.7. The number of hydrogen-bond donors (Lipinski definition) is 2. The Morgan fingerprint density at radius 2 is 1.64 bits per heavy atom. The first-order chi connectivity index (χ1) is 12.2. The average molecular weight is 347 g/mol. The van der Waals surface area contributed by atoms with Gasteiger partial charge in [0, 0.05) is 32.3 Å². The number of benzene rings is 1. The van der Waals surface area contributed by atoms with Gasteiger partial charge in [-0.05, 0) is 18.4 Å². The summed E-state index contributed by atoms with van der Waals surface area (Å²) in [6.45, 7) is 3.46. The maximum absolute atomic E-state index is 12.9. The summed E-state index contributed by atoms with van der Waals surface area (Å²) >= 11 is 0. The van der Waals surface area contributed by atoms with Crippen LogP contribution in [0.25, 0.3) is 0 Å². The minimum atomic E-state index is -0.695. The zero-order chi connectivity index (χ0) is 17.5. The van der Waals surface area contributed by atoms with Crippen molar-refractivity contribution in [2.75, 3.05) is 39.5 Å². The fourth-order valence-corrected chi connectivity index (χ4v) is 3.10. The van der Waals surface area contributed by atoms with E-state index in [9.17, 15) is 9.59 Å². The minimum absolute atomic E-state index is 0.0867. The zero-order valence-corrected chi connectivity index (χ0v) is 14.3. The zero-order valence-electron chi connectivity index (χ0n) is 14.3. The van der Waals surface area contributed by atoms with Crippen LogP contribution in [0.4, 0.5) is 4.79 Å². The van der Waals surface area contributed by atoms with Gasteiger partial charge >= 0.3 is 6.03 Å². The molecule has 3 rings (SSSR count). The largest absolute Gasteiger partial charge is 0.381 e. The molecule has 2 aliphatic rings. The maximum atomic E-state index is 12.9. The van der Waals surface area contributed by atoms with E-state index in [1.165, 1.54) is 0 Å². The molecule has 1 aromatic carbocycles. The molecule has 0 aromatic heterocycles. The molecule has 0 saturated carbocycles. The second-order valence-corrected chi connectivity index (χ2v) is 6.29. The van der Waals surface area contributed by atoms with Crippen molar-refractivity contribution < 1.29 is 19.1 Å². The highest BCUT2D eigenvalue weighted by atomic mass is 16.5. The van der Waals surface area contributed by atoms with Crippen LogP contribution in [0.1, 0.15) is 24.4 Å². The Kier molecular flexibility index (Phi) is 6.25. The lowest BCUT2D eigenvalue weighted by Gasteiger charge is -2.31. The van der Waals surface area contributed by atoms with Gasteiger partial charge in [0.05, 0.1) is 13.2 Å². The van der Waals surface area contributed by atoms with E-state index in [2.05, 4.69) is 10.6 Å². The molecule has 0 bridgehead atoms. The molecule has 0 spiro atoms. The molecule has 136 valence electrons. The standard InChI is InChI=1S/C18H25N3O4/c22-17(21-8-12-25-13-9-21)16(14-4-2-1-3-5-14)20-18(23)19-15-6-10-24-11-7-15/h1-5,15-16H,6-13H2,(H2,19,20,23). The molecule has 1 atom stereocenters. The van der Waals surface area contributed by atoms with E-state index in [1.807, 2.05) is 30.3 Å². The highest BCUT2D eigenvalue weighted by Crippen LogP contribution is 2.17. The Morgan fingerprint density at radius 1 is 1.00 bits per heavy atom. The summed E-state index contributed by atoms with van der Waals surface area (Å²) in [5, 5.41) is 5.81. The number of ether oxygens (including phenoxy) is 2. The van der Waals surface area contributed by atoms with E-state index in [-0.39, 0.29) is 18.0 Å². The summed E-state index contributed by atoms with van der Waals surface area (Å²) in [7, 11) is 0. The molecule has 2 saturated heterocycles. The van der Waals surface area contributed by atoms with Gasteiger partial charge in [-0.25, -0.2) is 4.79 Å². The smallest absolute Gasteiger partial charge is 0.315 e. The number of carbonyl (C=O) groups excluding carboxylic acids is 2. The molecule has 2 N–H and O–H groups in total.